The van der Waals surface area contributed by atoms with Gasteiger partial charge in [-0.25, -0.2) is 9.36 Å². The van der Waals surface area contributed by atoms with Crippen molar-refractivity contribution in [2.75, 3.05) is 10.6 Å². The van der Waals surface area contributed by atoms with Gasteiger partial charge in [0, 0.05) is 16.7 Å². The zero-order valence-electron chi connectivity index (χ0n) is 34.6. The molecule has 0 bridgehead atoms. The number of Topliss-reactive ketones (excluding diaryl/α,β-unsaturated/α-hetero) is 1. The number of carbonyl (C=O) groups is 3. The van der Waals surface area contributed by atoms with Crippen molar-refractivity contribution in [1.29, 1.82) is 0 Å². The maximum absolute atomic E-state index is 14.2. The third-order valence-electron chi connectivity index (χ3n) is 10.6. The molecule has 12 heteroatoms. The molecule has 2 unspecified atom stereocenters. The summed E-state index contributed by atoms with van der Waals surface area (Å²) in [4.78, 5) is 55.8. The van der Waals surface area contributed by atoms with Crippen LogP contribution in [-0.2, 0) is 31.8 Å². The number of terminal acetylenes is 1. The zero-order valence-corrected chi connectivity index (χ0v) is 35.3. The summed E-state index contributed by atoms with van der Waals surface area (Å²) in [5, 5.41) is 16.9. The van der Waals surface area contributed by atoms with E-state index in [0.29, 0.717) is 22.3 Å². The highest BCUT2D eigenvalue weighted by molar-refractivity contribution is 6.34. The van der Waals surface area contributed by atoms with Crippen LogP contribution in [0.25, 0.3) is 0 Å². The molecule has 0 radical (unpaired) electrons. The molecule has 2 atom stereocenters. The van der Waals surface area contributed by atoms with Crippen LogP contribution in [0, 0.1) is 17.9 Å². The smallest absolute Gasteiger partial charge is 0.335 e. The molecule has 0 spiro atoms. The van der Waals surface area contributed by atoms with Crippen LogP contribution < -0.4 is 25.8 Å². The third-order valence-corrected chi connectivity index (χ3v) is 10.9. The minimum atomic E-state index is -1.88. The summed E-state index contributed by atoms with van der Waals surface area (Å²) in [6.07, 6.45) is 8.67. The number of ether oxygens (including phenoxy) is 2. The number of ketones is 1. The largest absolute Gasteiger partial charge is 0.491 e. The van der Waals surface area contributed by atoms with Crippen molar-refractivity contribution in [3.63, 3.8) is 0 Å². The number of imidazole rings is 1. The van der Waals surface area contributed by atoms with Gasteiger partial charge in [0.2, 0.25) is 0 Å². The molecule has 1 heterocycles. The fourth-order valence-electron chi connectivity index (χ4n) is 6.17. The first kappa shape index (κ1) is 44.2. The second-order valence-electron chi connectivity index (χ2n) is 16.5. The maximum Gasteiger partial charge on any atom is 0.335 e. The fourth-order valence-corrected chi connectivity index (χ4v) is 6.33. The molecule has 2 amide bonds. The van der Waals surface area contributed by atoms with E-state index >= 15 is 0 Å². The first-order valence-corrected chi connectivity index (χ1v) is 19.6. The van der Waals surface area contributed by atoms with Crippen LogP contribution in [0.2, 0.25) is 5.02 Å². The van der Waals surface area contributed by atoms with Crippen molar-refractivity contribution >= 4 is 40.6 Å². The van der Waals surface area contributed by atoms with E-state index in [1.165, 1.54) is 17.7 Å². The van der Waals surface area contributed by atoms with E-state index in [9.17, 15) is 24.3 Å². The first-order valence-electron chi connectivity index (χ1n) is 19.2. The molecule has 11 nitrogen and oxygen atoms in total. The molecular weight excluding hydrogens is 744 g/mol. The standard InChI is InChI=1S/C45H55ClN4O7/c1-12-34(57-35-24-21-29(44(8,9)13-2)25-31(35)45(10,11)14-3)38(52)47-30-22-23-32(46)33(26-30)48-39(53)36(37(51)43(5,6)7)50-40(54)41(56-15-4)49(42(50)55)27-28-19-17-16-18-20-28/h4,16-26,34,36,54H,12-14,27H2,1-3,5-11H3,(H,47,52)(H,48,53). The van der Waals surface area contributed by atoms with E-state index in [1.807, 2.05) is 19.1 Å². The summed E-state index contributed by atoms with van der Waals surface area (Å²) >= 11 is 6.55. The lowest BCUT2D eigenvalue weighted by Crippen LogP contribution is -2.43. The number of benzene rings is 3. The predicted octanol–water partition coefficient (Wildman–Crippen LogP) is 8.99. The Morgan fingerprint density at radius 3 is 2.11 bits per heavy atom. The number of carbonyl (C=O) groups excluding carboxylic acids is 3. The molecule has 4 rings (SSSR count). The van der Waals surface area contributed by atoms with Gasteiger partial charge in [-0.1, -0.05) is 130 Å². The average Bonchev–Trinajstić information content (AvgIpc) is 3.38. The third kappa shape index (κ3) is 9.92. The molecule has 0 fully saturated rings. The van der Waals surface area contributed by atoms with E-state index in [2.05, 4.69) is 64.3 Å². The molecular formula is C45H55ClN4O7. The van der Waals surface area contributed by atoms with E-state index in [0.717, 1.165) is 23.0 Å². The van der Waals surface area contributed by atoms with Crippen LogP contribution in [0.5, 0.6) is 17.5 Å². The Labute approximate surface area is 340 Å². The van der Waals surface area contributed by atoms with Crippen molar-refractivity contribution in [3.8, 4) is 30.0 Å². The molecule has 1 aromatic heterocycles. The Hall–Kier alpha value is -5.47. The monoisotopic (exact) mass is 798 g/mol. The SMILES string of the molecule is C#COc1c(O)n(C(C(=O)Nc2cc(NC(=O)C(CC)Oc3ccc(C(C)(C)CC)cc3C(C)(C)CC)ccc2Cl)C(=O)C(C)(C)C)c(=O)n1Cc1ccccc1. The lowest BCUT2D eigenvalue weighted by molar-refractivity contribution is -0.135. The highest BCUT2D eigenvalue weighted by atomic mass is 35.5. The Balaban J connectivity index is 1.67. The van der Waals surface area contributed by atoms with Gasteiger partial charge >= 0.3 is 5.69 Å². The molecule has 3 aromatic carbocycles. The van der Waals surface area contributed by atoms with E-state index in [4.69, 9.17) is 27.5 Å². The molecule has 0 saturated heterocycles. The normalized spacial score (nSPS) is 12.9. The second-order valence-corrected chi connectivity index (χ2v) is 16.9. The van der Waals surface area contributed by atoms with E-state index in [-0.39, 0.29) is 33.8 Å². The van der Waals surface area contributed by atoms with Gasteiger partial charge in [-0.3, -0.25) is 19.0 Å². The van der Waals surface area contributed by atoms with Crippen molar-refractivity contribution in [3.05, 3.63) is 98.9 Å². The Bertz CT molecular complexity index is 2210. The van der Waals surface area contributed by atoms with Crippen LogP contribution in [0.4, 0.5) is 11.4 Å². The van der Waals surface area contributed by atoms with Crippen LogP contribution in [-0.4, -0.2) is 37.9 Å². The molecule has 0 aliphatic carbocycles. The van der Waals surface area contributed by atoms with Gasteiger partial charge in [0.1, 0.15) is 11.9 Å². The lowest BCUT2D eigenvalue weighted by atomic mass is 9.76. The minimum Gasteiger partial charge on any atom is -0.491 e. The van der Waals surface area contributed by atoms with Gasteiger partial charge in [-0.2, -0.15) is 0 Å². The lowest BCUT2D eigenvalue weighted by Gasteiger charge is -2.31. The highest BCUT2D eigenvalue weighted by Gasteiger charge is 2.41. The number of amides is 2. The van der Waals surface area contributed by atoms with Crippen molar-refractivity contribution in [2.24, 2.45) is 5.41 Å². The summed E-state index contributed by atoms with van der Waals surface area (Å²) in [5.74, 6) is -2.68. The van der Waals surface area contributed by atoms with Crippen molar-refractivity contribution in [1.82, 2.24) is 9.13 Å². The highest BCUT2D eigenvalue weighted by Crippen LogP contribution is 2.39. The van der Waals surface area contributed by atoms with Gasteiger partial charge in [0.15, 0.2) is 17.9 Å². The topological polar surface area (TPSA) is 141 Å². The van der Waals surface area contributed by atoms with Gasteiger partial charge in [-0.05, 0) is 65.5 Å². The summed E-state index contributed by atoms with van der Waals surface area (Å²) in [6.45, 7) is 19.5. The molecule has 0 aliphatic rings. The predicted molar refractivity (Wildman–Crippen MR) is 225 cm³/mol. The van der Waals surface area contributed by atoms with Crippen LogP contribution in [0.3, 0.4) is 0 Å². The molecule has 304 valence electrons. The summed E-state index contributed by atoms with van der Waals surface area (Å²) in [7, 11) is 0. The molecule has 3 N–H and O–H groups in total. The van der Waals surface area contributed by atoms with Crippen molar-refractivity contribution in [2.45, 2.75) is 118 Å². The number of aromatic nitrogens is 2. The molecule has 0 saturated carbocycles. The van der Waals surface area contributed by atoms with Gasteiger partial charge < -0.3 is 25.2 Å². The van der Waals surface area contributed by atoms with Gasteiger partial charge in [0.25, 0.3) is 23.6 Å². The zero-order chi connectivity index (χ0) is 42.5. The summed E-state index contributed by atoms with van der Waals surface area (Å²) in [6, 6.07) is 17.6. The molecule has 4 aromatic rings. The summed E-state index contributed by atoms with van der Waals surface area (Å²) < 4.78 is 13.4. The molecule has 0 aliphatic heterocycles. The summed E-state index contributed by atoms with van der Waals surface area (Å²) in [5.41, 5.74) is 0.880. The quantitative estimate of drug-likeness (QED) is 0.0759. The number of rotatable bonds is 16. The van der Waals surface area contributed by atoms with E-state index < -0.39 is 52.6 Å². The Morgan fingerprint density at radius 1 is 0.877 bits per heavy atom. The average molecular weight is 799 g/mol. The van der Waals surface area contributed by atoms with Crippen LogP contribution in [0.1, 0.15) is 111 Å². The van der Waals surface area contributed by atoms with Crippen molar-refractivity contribution < 1.29 is 29.0 Å². The second kappa shape index (κ2) is 17.8. The fraction of sp³-hybridized carbons (Fsp3) is 0.422. The maximum atomic E-state index is 14.2. The number of nitrogens with zero attached hydrogens (tertiary/aromatic N) is 2. The first-order chi connectivity index (χ1) is 26.7. The number of hydrogen-bond donors (Lipinski definition) is 3. The number of hydrogen-bond acceptors (Lipinski definition) is 7. The van der Waals surface area contributed by atoms with Gasteiger partial charge in [0.05, 0.1) is 17.3 Å². The molecule has 57 heavy (non-hydrogen) atoms. The van der Waals surface area contributed by atoms with Gasteiger partial charge in [-0.15, -0.1) is 0 Å². The van der Waals surface area contributed by atoms with Crippen LogP contribution >= 0.6 is 11.6 Å². The number of nitrogens with one attached hydrogen (secondary N) is 2. The Morgan fingerprint density at radius 2 is 1.53 bits per heavy atom. The number of halogens is 1. The van der Waals surface area contributed by atoms with Crippen LogP contribution in [0.15, 0.2) is 71.5 Å². The van der Waals surface area contributed by atoms with E-state index in [1.54, 1.807) is 57.2 Å². The number of aromatic hydroxyl groups is 1. The number of anilines is 2. The Kier molecular flexibility index (Phi) is 13.8. The minimum absolute atomic E-state index is 0.0382.